The summed E-state index contributed by atoms with van der Waals surface area (Å²) in [6, 6.07) is 12.2. The summed E-state index contributed by atoms with van der Waals surface area (Å²) in [6.45, 7) is 5.53. The number of pyridine rings is 1. The second-order valence-corrected chi connectivity index (χ2v) is 9.25. The van der Waals surface area contributed by atoms with Crippen LogP contribution in [0.25, 0.3) is 33.2 Å². The predicted molar refractivity (Wildman–Crippen MR) is 140 cm³/mol. The molecule has 0 spiro atoms. The van der Waals surface area contributed by atoms with Crippen LogP contribution >= 0.6 is 11.6 Å². The van der Waals surface area contributed by atoms with Crippen LogP contribution in [0.4, 0.5) is 5.69 Å². The van der Waals surface area contributed by atoms with Gasteiger partial charge in [-0.15, -0.1) is 0 Å². The Morgan fingerprint density at radius 2 is 1.94 bits per heavy atom. The molecule has 2 aromatic carbocycles. The van der Waals surface area contributed by atoms with Crippen molar-refractivity contribution in [3.05, 3.63) is 86.4 Å². The molecule has 36 heavy (non-hydrogen) atoms. The van der Waals surface area contributed by atoms with Crippen molar-refractivity contribution in [2.75, 3.05) is 5.32 Å². The van der Waals surface area contributed by atoms with E-state index in [1.54, 1.807) is 23.9 Å². The van der Waals surface area contributed by atoms with Crippen LogP contribution in [0, 0.1) is 13.8 Å². The molecule has 0 amide bonds. The third-order valence-electron chi connectivity index (χ3n) is 6.30. The summed E-state index contributed by atoms with van der Waals surface area (Å²) in [5.41, 5.74) is 4.31. The highest BCUT2D eigenvalue weighted by atomic mass is 35.5. The standard InChI is InChI=1S/C27H23ClN4O4/c1-13-9-18(15(3)30-20-6-8-22(28)31-23(20)27(34)35)26-19(10-13)24(33)14(2)25(36-26)16-5-7-21-17(11-16)12-29-32(21)4/h5-12,15,30H,1-4H3,(H,34,35). The van der Waals surface area contributed by atoms with E-state index in [1.807, 2.05) is 51.2 Å². The minimum Gasteiger partial charge on any atom is -0.476 e. The van der Waals surface area contributed by atoms with Crippen molar-refractivity contribution in [3.63, 3.8) is 0 Å². The first-order chi connectivity index (χ1) is 17.1. The van der Waals surface area contributed by atoms with Gasteiger partial charge in [0.1, 0.15) is 16.5 Å². The number of rotatable bonds is 5. The number of aromatic carboxylic acids is 1. The Labute approximate surface area is 211 Å². The molecule has 0 bridgehead atoms. The molecule has 3 heterocycles. The molecule has 3 aromatic heterocycles. The minimum atomic E-state index is -1.20. The molecular formula is C27H23ClN4O4. The normalized spacial score (nSPS) is 12.2. The van der Waals surface area contributed by atoms with Gasteiger partial charge in [0.05, 0.1) is 28.8 Å². The summed E-state index contributed by atoms with van der Waals surface area (Å²) in [5.74, 6) is -0.716. The average molecular weight is 503 g/mol. The van der Waals surface area contributed by atoms with Crippen molar-refractivity contribution in [1.29, 1.82) is 0 Å². The summed E-state index contributed by atoms with van der Waals surface area (Å²) >= 11 is 5.90. The van der Waals surface area contributed by atoms with E-state index >= 15 is 0 Å². The summed E-state index contributed by atoms with van der Waals surface area (Å²) < 4.78 is 8.22. The molecule has 0 saturated heterocycles. The third-order valence-corrected chi connectivity index (χ3v) is 6.51. The maximum absolute atomic E-state index is 13.5. The zero-order valence-corrected chi connectivity index (χ0v) is 20.8. The molecule has 0 aliphatic rings. The highest BCUT2D eigenvalue weighted by Crippen LogP contribution is 2.33. The fourth-order valence-corrected chi connectivity index (χ4v) is 4.64. The fraction of sp³-hybridized carbons (Fsp3) is 0.185. The van der Waals surface area contributed by atoms with Gasteiger partial charge in [-0.25, -0.2) is 9.78 Å². The van der Waals surface area contributed by atoms with Crippen LogP contribution in [0.2, 0.25) is 5.15 Å². The first-order valence-electron chi connectivity index (χ1n) is 11.3. The number of aryl methyl sites for hydroxylation is 2. The Kier molecular flexibility index (Phi) is 5.76. The number of hydrogen-bond acceptors (Lipinski definition) is 6. The van der Waals surface area contributed by atoms with Gasteiger partial charge in [-0.1, -0.05) is 17.7 Å². The molecule has 1 unspecified atom stereocenters. The molecule has 5 aromatic rings. The zero-order chi connectivity index (χ0) is 25.7. The molecule has 0 aliphatic carbocycles. The van der Waals surface area contributed by atoms with Gasteiger partial charge >= 0.3 is 5.97 Å². The van der Waals surface area contributed by atoms with E-state index in [9.17, 15) is 14.7 Å². The lowest BCUT2D eigenvalue weighted by Crippen LogP contribution is -2.14. The van der Waals surface area contributed by atoms with Crippen molar-refractivity contribution in [1.82, 2.24) is 14.8 Å². The van der Waals surface area contributed by atoms with Crippen LogP contribution in [0.15, 0.2) is 57.9 Å². The summed E-state index contributed by atoms with van der Waals surface area (Å²) in [6.07, 6.45) is 1.77. The van der Waals surface area contributed by atoms with E-state index in [2.05, 4.69) is 15.4 Å². The van der Waals surface area contributed by atoms with E-state index in [-0.39, 0.29) is 16.3 Å². The van der Waals surface area contributed by atoms with Gasteiger partial charge in [0, 0.05) is 29.1 Å². The van der Waals surface area contributed by atoms with Crippen LogP contribution in [-0.2, 0) is 7.05 Å². The number of carboxylic acids is 1. The number of nitrogens with one attached hydrogen (secondary N) is 1. The highest BCUT2D eigenvalue weighted by molar-refractivity contribution is 6.29. The molecule has 5 rings (SSSR count). The quantitative estimate of drug-likeness (QED) is 0.288. The number of benzene rings is 2. The Hall–Kier alpha value is -4.17. The van der Waals surface area contributed by atoms with Gasteiger partial charge in [0.15, 0.2) is 11.1 Å². The molecule has 2 N–H and O–H groups in total. The average Bonchev–Trinajstić information content (AvgIpc) is 3.22. The zero-order valence-electron chi connectivity index (χ0n) is 20.1. The lowest BCUT2D eigenvalue weighted by Gasteiger charge is -2.19. The fourth-order valence-electron chi connectivity index (χ4n) is 4.50. The second kappa shape index (κ2) is 8.80. The van der Waals surface area contributed by atoms with Crippen LogP contribution in [0.3, 0.4) is 0 Å². The van der Waals surface area contributed by atoms with Crippen molar-refractivity contribution < 1.29 is 14.3 Å². The topological polar surface area (TPSA) is 110 Å². The number of hydrogen-bond donors (Lipinski definition) is 2. The summed E-state index contributed by atoms with van der Waals surface area (Å²) in [5, 5.41) is 18.6. The molecule has 0 radical (unpaired) electrons. The summed E-state index contributed by atoms with van der Waals surface area (Å²) in [4.78, 5) is 29.1. The first-order valence-corrected chi connectivity index (χ1v) is 11.7. The Balaban J connectivity index is 1.67. The predicted octanol–water partition coefficient (Wildman–Crippen LogP) is 5.88. The van der Waals surface area contributed by atoms with Crippen LogP contribution in [-0.4, -0.2) is 25.8 Å². The van der Waals surface area contributed by atoms with Gasteiger partial charge in [-0.3, -0.25) is 9.48 Å². The SMILES string of the molecule is Cc1cc(C(C)Nc2ccc(Cl)nc2C(=O)O)c2oc(-c3ccc4c(cnn4C)c3)c(C)c(=O)c2c1. The molecule has 182 valence electrons. The van der Waals surface area contributed by atoms with E-state index in [1.165, 1.54) is 6.07 Å². The van der Waals surface area contributed by atoms with Gasteiger partial charge < -0.3 is 14.8 Å². The van der Waals surface area contributed by atoms with Gasteiger partial charge in [-0.2, -0.15) is 5.10 Å². The monoisotopic (exact) mass is 502 g/mol. The molecule has 0 saturated carbocycles. The highest BCUT2D eigenvalue weighted by Gasteiger charge is 2.21. The number of fused-ring (bicyclic) bond motifs is 2. The minimum absolute atomic E-state index is 0.0864. The maximum Gasteiger partial charge on any atom is 0.356 e. The van der Waals surface area contributed by atoms with E-state index in [4.69, 9.17) is 16.0 Å². The third kappa shape index (κ3) is 3.99. The lowest BCUT2D eigenvalue weighted by molar-refractivity contribution is 0.0691. The second-order valence-electron chi connectivity index (χ2n) is 8.86. The van der Waals surface area contributed by atoms with Crippen LogP contribution < -0.4 is 10.7 Å². The Morgan fingerprint density at radius 1 is 1.17 bits per heavy atom. The Morgan fingerprint density at radius 3 is 2.69 bits per heavy atom. The number of aromatic nitrogens is 3. The van der Waals surface area contributed by atoms with Gasteiger partial charge in [0.2, 0.25) is 0 Å². The van der Waals surface area contributed by atoms with Crippen molar-refractivity contribution in [3.8, 4) is 11.3 Å². The number of halogens is 1. The molecule has 0 fully saturated rings. The van der Waals surface area contributed by atoms with Gasteiger partial charge in [-0.05, 0) is 62.7 Å². The van der Waals surface area contributed by atoms with Crippen molar-refractivity contribution in [2.24, 2.45) is 7.05 Å². The smallest absolute Gasteiger partial charge is 0.356 e. The Bertz CT molecular complexity index is 1740. The van der Waals surface area contributed by atoms with Crippen molar-refractivity contribution in [2.45, 2.75) is 26.8 Å². The number of carboxylic acid groups (broad SMARTS) is 1. The summed E-state index contributed by atoms with van der Waals surface area (Å²) in [7, 11) is 1.87. The number of anilines is 1. The van der Waals surface area contributed by atoms with E-state index < -0.39 is 12.0 Å². The lowest BCUT2D eigenvalue weighted by atomic mass is 9.98. The van der Waals surface area contributed by atoms with Crippen LogP contribution in [0.1, 0.15) is 40.1 Å². The number of nitrogens with zero attached hydrogens (tertiary/aromatic N) is 3. The number of carbonyl (C=O) groups is 1. The van der Waals surface area contributed by atoms with Gasteiger partial charge in [0.25, 0.3) is 0 Å². The van der Waals surface area contributed by atoms with Crippen molar-refractivity contribution >= 4 is 45.1 Å². The molecule has 8 nitrogen and oxygen atoms in total. The molecular weight excluding hydrogens is 480 g/mol. The molecule has 0 aliphatic heterocycles. The van der Waals surface area contributed by atoms with Crippen LogP contribution in [0.5, 0.6) is 0 Å². The largest absolute Gasteiger partial charge is 0.476 e. The first kappa shape index (κ1) is 23.6. The maximum atomic E-state index is 13.5. The molecule has 1 atom stereocenters. The molecule has 9 heteroatoms. The van der Waals surface area contributed by atoms with E-state index in [0.29, 0.717) is 28.0 Å². The van der Waals surface area contributed by atoms with E-state index in [0.717, 1.165) is 27.6 Å².